The summed E-state index contributed by atoms with van der Waals surface area (Å²) in [6.45, 7) is 10.1. The predicted octanol–water partition coefficient (Wildman–Crippen LogP) is 5.25. The maximum Gasteiger partial charge on any atom is 0.225 e. The van der Waals surface area contributed by atoms with Crippen molar-refractivity contribution in [3.05, 3.63) is 109 Å². The second-order valence-electron chi connectivity index (χ2n) is 11.9. The van der Waals surface area contributed by atoms with Crippen LogP contribution < -0.4 is 15.4 Å². The normalized spacial score (nSPS) is 17.6. The van der Waals surface area contributed by atoms with E-state index in [9.17, 15) is 14.7 Å². The van der Waals surface area contributed by atoms with E-state index in [1.165, 1.54) is 5.56 Å². The van der Waals surface area contributed by atoms with Crippen LogP contribution in [-0.2, 0) is 16.0 Å². The van der Waals surface area contributed by atoms with Gasteiger partial charge in [0.2, 0.25) is 11.8 Å². The first kappa shape index (κ1) is 34.6. The molecule has 8 heteroatoms. The smallest absolute Gasteiger partial charge is 0.225 e. The zero-order valence-electron chi connectivity index (χ0n) is 26.8. The molecule has 0 bridgehead atoms. The average molecular weight is 625 g/mol. The van der Waals surface area contributed by atoms with Crippen LogP contribution in [0, 0.1) is 11.8 Å². The maximum absolute atomic E-state index is 13.5. The second-order valence-corrected chi connectivity index (χ2v) is 11.9. The Balaban J connectivity index is 1.31. The Hall–Kier alpha value is -4.27. The van der Waals surface area contributed by atoms with Gasteiger partial charge in [0.05, 0.1) is 17.4 Å². The number of nitrogens with zero attached hydrogens (tertiary/aromatic N) is 2. The average Bonchev–Trinajstić information content (AvgIpc) is 3.08. The molecule has 0 saturated carbocycles. The number of aryl methyl sites for hydroxylation is 1. The third-order valence-electron chi connectivity index (χ3n) is 8.45. The molecule has 1 aliphatic rings. The Kier molecular flexibility index (Phi) is 14.0. The second kappa shape index (κ2) is 18.6. The monoisotopic (exact) mass is 624 g/mol. The number of allylic oxidation sites excluding steroid dienone is 4. The van der Waals surface area contributed by atoms with Crippen LogP contribution in [0.4, 0.5) is 0 Å². The molecule has 3 N–H and O–H groups in total. The number of nitrogens with one attached hydrogen (secondary N) is 2. The number of ether oxygens (including phenoxy) is 1. The highest BCUT2D eigenvalue weighted by atomic mass is 16.5. The summed E-state index contributed by atoms with van der Waals surface area (Å²) in [7, 11) is 0. The van der Waals surface area contributed by atoms with Crippen molar-refractivity contribution >= 4 is 22.7 Å². The molecule has 2 amide bonds. The quantitative estimate of drug-likeness (QED) is 0.132. The Labute approximate surface area is 273 Å². The molecular weight excluding hydrogens is 576 g/mol. The fourth-order valence-electron chi connectivity index (χ4n) is 5.98. The lowest BCUT2D eigenvalue weighted by molar-refractivity contribution is -0.138. The molecule has 46 heavy (non-hydrogen) atoms. The number of carbonyl (C=O) groups is 2. The first-order valence-electron chi connectivity index (χ1n) is 16.4. The number of likely N-dealkylation sites (tertiary alicyclic amines) is 1. The van der Waals surface area contributed by atoms with Crippen molar-refractivity contribution in [1.82, 2.24) is 20.5 Å². The Bertz CT molecular complexity index is 1450. The van der Waals surface area contributed by atoms with E-state index < -0.39 is 17.9 Å². The molecule has 0 radical (unpaired) electrons. The molecule has 4 rings (SSSR count). The van der Waals surface area contributed by atoms with Crippen molar-refractivity contribution in [1.29, 1.82) is 0 Å². The van der Waals surface area contributed by atoms with Gasteiger partial charge in [0.25, 0.3) is 0 Å². The first-order chi connectivity index (χ1) is 22.5. The third kappa shape index (κ3) is 10.7. The SMILES string of the molecule is C=C/C=C(\C=C)CCCCNC(=O)C1CN(CC(O)COc2cccc3ncccc23)CCC1C(=O)NCCCc1ccccc1. The number of aromatic nitrogens is 1. The molecule has 2 aromatic carbocycles. The van der Waals surface area contributed by atoms with Gasteiger partial charge >= 0.3 is 0 Å². The summed E-state index contributed by atoms with van der Waals surface area (Å²) in [4.78, 5) is 33.3. The van der Waals surface area contributed by atoms with Crippen LogP contribution in [0.15, 0.2) is 104 Å². The minimum absolute atomic E-state index is 0.0773. The fraction of sp³-hybridized carbons (Fsp3) is 0.395. The number of piperidine rings is 1. The fourth-order valence-corrected chi connectivity index (χ4v) is 5.98. The number of aliphatic hydroxyl groups is 1. The molecule has 1 fully saturated rings. The van der Waals surface area contributed by atoms with Gasteiger partial charge in [-0.25, -0.2) is 0 Å². The Morgan fingerprint density at radius 1 is 0.978 bits per heavy atom. The van der Waals surface area contributed by atoms with Gasteiger partial charge in [-0.15, -0.1) is 0 Å². The van der Waals surface area contributed by atoms with E-state index in [0.29, 0.717) is 44.9 Å². The number of rotatable bonds is 18. The van der Waals surface area contributed by atoms with E-state index in [4.69, 9.17) is 4.74 Å². The number of fused-ring (bicyclic) bond motifs is 1. The van der Waals surface area contributed by atoms with Crippen LogP contribution in [0.3, 0.4) is 0 Å². The number of carbonyl (C=O) groups excluding carboxylic acids is 2. The van der Waals surface area contributed by atoms with Crippen molar-refractivity contribution in [2.24, 2.45) is 11.8 Å². The topological polar surface area (TPSA) is 104 Å². The molecule has 1 aliphatic heterocycles. The van der Waals surface area contributed by atoms with E-state index in [1.807, 2.05) is 60.7 Å². The molecule has 0 aliphatic carbocycles. The number of amides is 2. The Morgan fingerprint density at radius 2 is 1.76 bits per heavy atom. The lowest BCUT2D eigenvalue weighted by Crippen LogP contribution is -2.53. The molecule has 3 unspecified atom stereocenters. The molecule has 2 heterocycles. The third-order valence-corrected chi connectivity index (χ3v) is 8.45. The van der Waals surface area contributed by atoms with Gasteiger partial charge in [-0.1, -0.05) is 67.8 Å². The molecular formula is C38H48N4O4. The highest BCUT2D eigenvalue weighted by molar-refractivity contribution is 5.88. The van der Waals surface area contributed by atoms with Gasteiger partial charge in [0.15, 0.2) is 0 Å². The van der Waals surface area contributed by atoms with Crippen molar-refractivity contribution in [3.8, 4) is 5.75 Å². The maximum atomic E-state index is 13.5. The molecule has 3 aromatic rings. The molecule has 1 aromatic heterocycles. The summed E-state index contributed by atoms with van der Waals surface area (Å²) in [6, 6.07) is 19.7. The van der Waals surface area contributed by atoms with Crippen LogP contribution >= 0.6 is 0 Å². The summed E-state index contributed by atoms with van der Waals surface area (Å²) < 4.78 is 5.98. The summed E-state index contributed by atoms with van der Waals surface area (Å²) in [5.74, 6) is -0.457. The van der Waals surface area contributed by atoms with Crippen molar-refractivity contribution in [2.45, 2.75) is 44.6 Å². The summed E-state index contributed by atoms with van der Waals surface area (Å²) in [5.41, 5.74) is 3.19. The van der Waals surface area contributed by atoms with Crippen molar-refractivity contribution in [3.63, 3.8) is 0 Å². The molecule has 0 spiro atoms. The van der Waals surface area contributed by atoms with Crippen LogP contribution in [0.1, 0.15) is 37.7 Å². The predicted molar refractivity (Wildman–Crippen MR) is 184 cm³/mol. The number of benzene rings is 2. The molecule has 8 nitrogen and oxygen atoms in total. The zero-order valence-corrected chi connectivity index (χ0v) is 26.8. The van der Waals surface area contributed by atoms with Crippen LogP contribution in [0.25, 0.3) is 10.9 Å². The number of hydrogen-bond donors (Lipinski definition) is 3. The minimum atomic E-state index is -0.762. The lowest BCUT2D eigenvalue weighted by atomic mass is 9.83. The highest BCUT2D eigenvalue weighted by Gasteiger charge is 2.38. The standard InChI is InChI=1S/C38H48N4O4/c1-3-13-29(4-2)14-8-9-22-40-38(45)34-27-42(25-21-32(34)37(44)41-24-11-17-30-15-6-5-7-16-30)26-31(43)28-46-36-20-10-19-35-33(36)18-12-23-39-35/h3-7,10,12-13,15-16,18-20,23,31-32,34,43H,1-2,8-9,11,14,17,21-22,24-28H2,(H,40,45)(H,41,44)/b29-13+. The summed E-state index contributed by atoms with van der Waals surface area (Å²) in [6.07, 6.45) is 11.4. The number of hydrogen-bond acceptors (Lipinski definition) is 6. The van der Waals surface area contributed by atoms with Crippen LogP contribution in [0.5, 0.6) is 5.75 Å². The van der Waals surface area contributed by atoms with E-state index in [-0.39, 0.29) is 18.4 Å². The van der Waals surface area contributed by atoms with E-state index in [0.717, 1.165) is 48.6 Å². The summed E-state index contributed by atoms with van der Waals surface area (Å²) >= 11 is 0. The van der Waals surface area contributed by atoms with Crippen molar-refractivity contribution in [2.75, 3.05) is 39.3 Å². The zero-order chi connectivity index (χ0) is 32.6. The summed E-state index contributed by atoms with van der Waals surface area (Å²) in [5, 5.41) is 18.0. The van der Waals surface area contributed by atoms with Gasteiger partial charge in [0, 0.05) is 37.8 Å². The number of pyridine rings is 1. The van der Waals surface area contributed by atoms with Gasteiger partial charge < -0.3 is 20.5 Å². The largest absolute Gasteiger partial charge is 0.490 e. The van der Waals surface area contributed by atoms with Crippen molar-refractivity contribution < 1.29 is 19.4 Å². The number of aliphatic hydroxyl groups excluding tert-OH is 1. The van der Waals surface area contributed by atoms with Gasteiger partial charge in [-0.3, -0.25) is 19.5 Å². The van der Waals surface area contributed by atoms with Gasteiger partial charge in [-0.2, -0.15) is 0 Å². The lowest BCUT2D eigenvalue weighted by Gasteiger charge is -2.37. The van der Waals surface area contributed by atoms with E-state index in [1.54, 1.807) is 12.3 Å². The van der Waals surface area contributed by atoms with Gasteiger partial charge in [-0.05, 0) is 80.5 Å². The highest BCUT2D eigenvalue weighted by Crippen LogP contribution is 2.26. The number of unbranched alkanes of at least 4 members (excludes halogenated alkanes) is 1. The van der Waals surface area contributed by atoms with E-state index in [2.05, 4.69) is 45.8 Å². The Morgan fingerprint density at radius 3 is 2.54 bits per heavy atom. The molecule has 1 saturated heterocycles. The van der Waals surface area contributed by atoms with E-state index >= 15 is 0 Å². The molecule has 244 valence electrons. The van der Waals surface area contributed by atoms with Crippen LogP contribution in [0.2, 0.25) is 0 Å². The minimum Gasteiger partial charge on any atom is -0.490 e. The first-order valence-corrected chi connectivity index (χ1v) is 16.4. The molecule has 3 atom stereocenters. The van der Waals surface area contributed by atoms with Gasteiger partial charge in [0.1, 0.15) is 18.5 Å². The van der Waals surface area contributed by atoms with Crippen LogP contribution in [-0.4, -0.2) is 72.2 Å². The number of β-amino-alcohol motifs (C(OH)–C–C–N with tert-alkyl or cyclic N) is 1.